The number of fused-ring (bicyclic) bond motifs is 1. The minimum atomic E-state index is -0.369. The number of aryl methyl sites for hydroxylation is 1. The lowest BCUT2D eigenvalue weighted by Gasteiger charge is -2.09. The zero-order valence-corrected chi connectivity index (χ0v) is 20.7. The molecular formula is C27H26N8O2. The predicted molar refractivity (Wildman–Crippen MR) is 139 cm³/mol. The first-order valence-electron chi connectivity index (χ1n) is 11.9. The normalized spacial score (nSPS) is 11.1. The number of carbonyl (C=O) groups is 2. The summed E-state index contributed by atoms with van der Waals surface area (Å²) in [5.74, 6) is 0.151. The molecule has 2 N–H and O–H groups in total. The monoisotopic (exact) mass is 494 g/mol. The first kappa shape index (κ1) is 23.9. The third-order valence-corrected chi connectivity index (χ3v) is 5.77. The van der Waals surface area contributed by atoms with Gasteiger partial charge in [0.1, 0.15) is 17.2 Å². The van der Waals surface area contributed by atoms with Gasteiger partial charge >= 0.3 is 0 Å². The fourth-order valence-electron chi connectivity index (χ4n) is 3.96. The van der Waals surface area contributed by atoms with E-state index >= 15 is 0 Å². The van der Waals surface area contributed by atoms with Crippen LogP contribution >= 0.6 is 0 Å². The van der Waals surface area contributed by atoms with Gasteiger partial charge in [-0.1, -0.05) is 6.07 Å². The van der Waals surface area contributed by atoms with Gasteiger partial charge in [0.25, 0.3) is 11.8 Å². The Morgan fingerprint density at radius 1 is 0.973 bits per heavy atom. The number of nitrogens with zero attached hydrogens (tertiary/aromatic N) is 6. The number of pyridine rings is 2. The second-order valence-electron chi connectivity index (χ2n) is 8.92. The molecule has 1 aromatic carbocycles. The molecule has 5 rings (SSSR count). The zero-order chi connectivity index (χ0) is 25.9. The summed E-state index contributed by atoms with van der Waals surface area (Å²) < 4.78 is 3.79. The molecule has 0 saturated carbocycles. The summed E-state index contributed by atoms with van der Waals surface area (Å²) in [5, 5.41) is 10.1. The minimum absolute atomic E-state index is 0.0230. The highest BCUT2D eigenvalue weighted by Gasteiger charge is 2.14. The van der Waals surface area contributed by atoms with Crippen LogP contribution in [0, 0.1) is 0 Å². The first-order valence-corrected chi connectivity index (χ1v) is 11.9. The third kappa shape index (κ3) is 5.08. The van der Waals surface area contributed by atoms with Crippen LogP contribution in [-0.2, 0) is 13.6 Å². The summed E-state index contributed by atoms with van der Waals surface area (Å²) in [6.07, 6.45) is 7.10. The Kier molecular flexibility index (Phi) is 6.46. The molecule has 0 atom stereocenters. The number of benzene rings is 1. The van der Waals surface area contributed by atoms with Crippen molar-refractivity contribution in [3.63, 3.8) is 0 Å². The van der Waals surface area contributed by atoms with Crippen LogP contribution in [0.4, 0.5) is 0 Å². The van der Waals surface area contributed by atoms with E-state index in [4.69, 9.17) is 4.98 Å². The SMILES string of the molecule is CC(C)NC(=O)c1cccc(C(=O)NCc2cnn(-c3ccc4nc(-c5cccnc5)n(C)c4c3)c2)n1. The first-order chi connectivity index (χ1) is 17.9. The molecule has 0 bridgehead atoms. The number of carbonyl (C=O) groups excluding carboxylic acids is 2. The highest BCUT2D eigenvalue weighted by atomic mass is 16.2. The van der Waals surface area contributed by atoms with Crippen molar-refractivity contribution in [3.8, 4) is 17.1 Å². The van der Waals surface area contributed by atoms with Crippen LogP contribution < -0.4 is 10.6 Å². The van der Waals surface area contributed by atoms with Crippen molar-refractivity contribution in [2.75, 3.05) is 0 Å². The molecule has 0 spiro atoms. The molecule has 2 amide bonds. The summed E-state index contributed by atoms with van der Waals surface area (Å²) >= 11 is 0. The Hall–Kier alpha value is -4.86. The standard InChI is InChI=1S/C27H26N8O2/c1-17(2)31-27(37)23-8-4-7-22(32-23)26(36)29-13-18-14-30-35(16-18)20-9-10-21-24(12-20)34(3)25(33-21)19-6-5-11-28-15-19/h4-12,14-17H,13H2,1-3H3,(H,29,36)(H,31,37). The molecule has 0 radical (unpaired) electrons. The van der Waals surface area contributed by atoms with Crippen LogP contribution in [0.15, 0.2) is 73.3 Å². The number of nitrogens with one attached hydrogen (secondary N) is 2. The lowest BCUT2D eigenvalue weighted by molar-refractivity contribution is 0.0936. The molecule has 0 aliphatic rings. The van der Waals surface area contributed by atoms with Gasteiger partial charge < -0.3 is 15.2 Å². The van der Waals surface area contributed by atoms with Crippen molar-refractivity contribution in [1.29, 1.82) is 0 Å². The maximum atomic E-state index is 12.6. The van der Waals surface area contributed by atoms with Gasteiger partial charge in [0.15, 0.2) is 0 Å². The summed E-state index contributed by atoms with van der Waals surface area (Å²) in [5.41, 5.74) is 4.86. The average Bonchev–Trinajstić information content (AvgIpc) is 3.52. The van der Waals surface area contributed by atoms with Crippen LogP contribution in [0.5, 0.6) is 0 Å². The van der Waals surface area contributed by atoms with E-state index in [1.165, 1.54) is 0 Å². The molecule has 4 heterocycles. The lowest BCUT2D eigenvalue weighted by atomic mass is 10.2. The van der Waals surface area contributed by atoms with Gasteiger partial charge in [0.2, 0.25) is 0 Å². The van der Waals surface area contributed by atoms with Crippen molar-refractivity contribution < 1.29 is 9.59 Å². The van der Waals surface area contributed by atoms with E-state index in [-0.39, 0.29) is 35.8 Å². The van der Waals surface area contributed by atoms with Crippen LogP contribution in [-0.4, -0.2) is 47.2 Å². The molecule has 0 saturated heterocycles. The quantitative estimate of drug-likeness (QED) is 0.358. The Morgan fingerprint density at radius 2 is 1.78 bits per heavy atom. The molecular weight excluding hydrogens is 468 g/mol. The highest BCUT2D eigenvalue weighted by molar-refractivity contribution is 5.96. The van der Waals surface area contributed by atoms with Crippen molar-refractivity contribution in [3.05, 3.63) is 90.3 Å². The van der Waals surface area contributed by atoms with Crippen molar-refractivity contribution in [1.82, 2.24) is 39.9 Å². The molecule has 10 nitrogen and oxygen atoms in total. The van der Waals surface area contributed by atoms with Crippen molar-refractivity contribution >= 4 is 22.8 Å². The zero-order valence-electron chi connectivity index (χ0n) is 20.7. The summed E-state index contributed by atoms with van der Waals surface area (Å²) in [6, 6.07) is 14.6. The van der Waals surface area contributed by atoms with Gasteiger partial charge in [-0.15, -0.1) is 0 Å². The molecule has 4 aromatic heterocycles. The number of hydrogen-bond acceptors (Lipinski definition) is 6. The molecule has 0 unspecified atom stereocenters. The van der Waals surface area contributed by atoms with E-state index in [1.807, 2.05) is 62.0 Å². The topological polar surface area (TPSA) is 120 Å². The third-order valence-electron chi connectivity index (χ3n) is 5.77. The largest absolute Gasteiger partial charge is 0.349 e. The van der Waals surface area contributed by atoms with E-state index in [1.54, 1.807) is 41.5 Å². The molecule has 186 valence electrons. The predicted octanol–water partition coefficient (Wildman–Crippen LogP) is 3.28. The Labute approximate surface area is 213 Å². The second kappa shape index (κ2) is 10.0. The number of hydrogen-bond donors (Lipinski definition) is 2. The van der Waals surface area contributed by atoms with E-state index in [0.717, 1.165) is 33.7 Å². The van der Waals surface area contributed by atoms with Gasteiger partial charge in [-0.3, -0.25) is 14.6 Å². The van der Waals surface area contributed by atoms with Crippen LogP contribution in [0.25, 0.3) is 28.1 Å². The summed E-state index contributed by atoms with van der Waals surface area (Å²) in [7, 11) is 1.97. The van der Waals surface area contributed by atoms with Gasteiger partial charge in [0.05, 0.1) is 22.9 Å². The fourth-order valence-corrected chi connectivity index (χ4v) is 3.96. The summed E-state index contributed by atoms with van der Waals surface area (Å²) in [6.45, 7) is 3.99. The van der Waals surface area contributed by atoms with Gasteiger partial charge in [-0.25, -0.2) is 14.6 Å². The van der Waals surface area contributed by atoms with E-state index in [9.17, 15) is 9.59 Å². The lowest BCUT2D eigenvalue weighted by Crippen LogP contribution is -2.31. The van der Waals surface area contributed by atoms with Gasteiger partial charge in [-0.05, 0) is 56.3 Å². The van der Waals surface area contributed by atoms with Gasteiger partial charge in [-0.2, -0.15) is 5.10 Å². The number of amides is 2. The summed E-state index contributed by atoms with van der Waals surface area (Å²) in [4.78, 5) is 38.0. The smallest absolute Gasteiger partial charge is 0.270 e. The van der Waals surface area contributed by atoms with Gasteiger partial charge in [0, 0.05) is 49.4 Å². The molecule has 0 fully saturated rings. The van der Waals surface area contributed by atoms with Crippen LogP contribution in [0.3, 0.4) is 0 Å². The molecule has 10 heteroatoms. The maximum Gasteiger partial charge on any atom is 0.270 e. The Bertz CT molecular complexity index is 1590. The Balaban J connectivity index is 1.29. The van der Waals surface area contributed by atoms with Crippen molar-refractivity contribution in [2.45, 2.75) is 26.4 Å². The van der Waals surface area contributed by atoms with E-state index in [2.05, 4.69) is 25.7 Å². The number of aromatic nitrogens is 6. The average molecular weight is 495 g/mol. The number of rotatable bonds is 7. The molecule has 5 aromatic rings. The van der Waals surface area contributed by atoms with Crippen molar-refractivity contribution in [2.24, 2.45) is 7.05 Å². The van der Waals surface area contributed by atoms with Crippen LogP contribution in [0.1, 0.15) is 40.4 Å². The minimum Gasteiger partial charge on any atom is -0.349 e. The van der Waals surface area contributed by atoms with Crippen LogP contribution in [0.2, 0.25) is 0 Å². The van der Waals surface area contributed by atoms with E-state index in [0.29, 0.717) is 0 Å². The molecule has 37 heavy (non-hydrogen) atoms. The maximum absolute atomic E-state index is 12.6. The fraction of sp³-hybridized carbons (Fsp3) is 0.185. The highest BCUT2D eigenvalue weighted by Crippen LogP contribution is 2.25. The number of imidazole rings is 1. The Morgan fingerprint density at radius 3 is 2.54 bits per heavy atom. The van der Waals surface area contributed by atoms with E-state index < -0.39 is 0 Å². The second-order valence-corrected chi connectivity index (χ2v) is 8.92. The molecule has 0 aliphatic carbocycles. The molecule has 0 aliphatic heterocycles.